The lowest BCUT2D eigenvalue weighted by Gasteiger charge is -2.34. The predicted octanol–water partition coefficient (Wildman–Crippen LogP) is 1.25. The summed E-state index contributed by atoms with van der Waals surface area (Å²) in [6.45, 7) is 4.09. The first-order valence-corrected chi connectivity index (χ1v) is 9.27. The second-order valence-electron chi connectivity index (χ2n) is 6.65. The van der Waals surface area contributed by atoms with Gasteiger partial charge in [0, 0.05) is 38.7 Å². The van der Waals surface area contributed by atoms with E-state index >= 15 is 0 Å². The molecule has 27 heavy (non-hydrogen) atoms. The van der Waals surface area contributed by atoms with E-state index in [1.165, 1.54) is 23.3 Å². The van der Waals surface area contributed by atoms with Crippen LogP contribution in [0.2, 0.25) is 0 Å². The van der Waals surface area contributed by atoms with Crippen molar-refractivity contribution in [3.63, 3.8) is 0 Å². The lowest BCUT2D eigenvalue weighted by molar-refractivity contribution is -0.132. The van der Waals surface area contributed by atoms with Crippen molar-refractivity contribution in [2.75, 3.05) is 26.2 Å². The van der Waals surface area contributed by atoms with E-state index in [-0.39, 0.29) is 23.1 Å². The lowest BCUT2D eigenvalue weighted by Crippen LogP contribution is -2.50. The number of hydrogen-bond donors (Lipinski definition) is 1. The van der Waals surface area contributed by atoms with Crippen molar-refractivity contribution >= 4 is 11.8 Å². The minimum absolute atomic E-state index is 0.115. The number of aryl methyl sites for hydroxylation is 2. The summed E-state index contributed by atoms with van der Waals surface area (Å²) >= 11 is 0. The molecule has 0 atom stereocenters. The van der Waals surface area contributed by atoms with Gasteiger partial charge in [0.25, 0.3) is 11.5 Å². The number of hydrogen-bond acceptors (Lipinski definition) is 4. The number of aromatic amines is 1. The second-order valence-corrected chi connectivity index (χ2v) is 6.65. The van der Waals surface area contributed by atoms with Crippen LogP contribution in [0.25, 0.3) is 0 Å². The molecule has 7 nitrogen and oxygen atoms in total. The van der Waals surface area contributed by atoms with Crippen LogP contribution in [0.5, 0.6) is 0 Å². The Hall–Kier alpha value is -2.96. The van der Waals surface area contributed by atoms with Crippen LogP contribution in [0.3, 0.4) is 0 Å². The number of carbonyl (C=O) groups excluding carboxylic acids is 2. The zero-order valence-electron chi connectivity index (χ0n) is 15.5. The van der Waals surface area contributed by atoms with E-state index in [0.29, 0.717) is 32.6 Å². The van der Waals surface area contributed by atoms with Gasteiger partial charge in [-0.2, -0.15) is 5.10 Å². The second kappa shape index (κ2) is 8.62. The number of benzene rings is 1. The average molecular weight is 368 g/mol. The molecule has 142 valence electrons. The van der Waals surface area contributed by atoms with Crippen LogP contribution in [-0.2, 0) is 17.6 Å². The zero-order valence-corrected chi connectivity index (χ0v) is 15.5. The van der Waals surface area contributed by atoms with Gasteiger partial charge in [0.1, 0.15) is 5.69 Å². The van der Waals surface area contributed by atoms with Crippen molar-refractivity contribution in [1.82, 2.24) is 20.0 Å². The Morgan fingerprint density at radius 3 is 2.19 bits per heavy atom. The maximum atomic E-state index is 12.4. The fourth-order valence-electron chi connectivity index (χ4n) is 3.14. The molecule has 1 saturated heterocycles. The Bertz CT molecular complexity index is 832. The molecule has 0 saturated carbocycles. The van der Waals surface area contributed by atoms with Gasteiger partial charge < -0.3 is 9.80 Å². The Morgan fingerprint density at radius 2 is 1.59 bits per heavy atom. The van der Waals surface area contributed by atoms with Crippen LogP contribution < -0.4 is 5.56 Å². The van der Waals surface area contributed by atoms with Gasteiger partial charge in [0.05, 0.1) is 0 Å². The van der Waals surface area contributed by atoms with Gasteiger partial charge >= 0.3 is 0 Å². The van der Waals surface area contributed by atoms with Gasteiger partial charge in [-0.25, -0.2) is 5.10 Å². The summed E-state index contributed by atoms with van der Waals surface area (Å²) in [4.78, 5) is 39.4. The van der Waals surface area contributed by atoms with E-state index in [1.54, 1.807) is 4.90 Å². The number of amides is 2. The van der Waals surface area contributed by atoms with Crippen molar-refractivity contribution in [3.05, 3.63) is 63.6 Å². The normalized spacial score (nSPS) is 14.3. The molecule has 1 aliphatic heterocycles. The van der Waals surface area contributed by atoms with Gasteiger partial charge in [0.15, 0.2) is 0 Å². The van der Waals surface area contributed by atoms with E-state index in [9.17, 15) is 14.4 Å². The number of rotatable bonds is 5. The highest BCUT2D eigenvalue weighted by Crippen LogP contribution is 2.11. The highest BCUT2D eigenvalue weighted by atomic mass is 16.2. The van der Waals surface area contributed by atoms with Crippen molar-refractivity contribution in [2.24, 2.45) is 0 Å². The number of piperazine rings is 1. The van der Waals surface area contributed by atoms with Crippen molar-refractivity contribution in [2.45, 2.75) is 26.2 Å². The Morgan fingerprint density at radius 1 is 0.963 bits per heavy atom. The summed E-state index contributed by atoms with van der Waals surface area (Å²) in [5.41, 5.74) is 2.33. The fraction of sp³-hybridized carbons (Fsp3) is 0.400. The number of nitrogens with one attached hydrogen (secondary N) is 1. The first kappa shape index (κ1) is 18.8. The van der Waals surface area contributed by atoms with Crippen LogP contribution in [0.1, 0.15) is 35.0 Å². The third kappa shape index (κ3) is 4.81. The molecule has 2 heterocycles. The van der Waals surface area contributed by atoms with Crippen molar-refractivity contribution in [1.29, 1.82) is 0 Å². The van der Waals surface area contributed by atoms with Gasteiger partial charge in [-0.3, -0.25) is 14.4 Å². The summed E-state index contributed by atoms with van der Waals surface area (Å²) in [5, 5.41) is 6.04. The van der Waals surface area contributed by atoms with E-state index < -0.39 is 0 Å². The number of aromatic nitrogens is 2. The van der Waals surface area contributed by atoms with Gasteiger partial charge in [-0.15, -0.1) is 0 Å². The molecule has 1 aromatic carbocycles. The van der Waals surface area contributed by atoms with E-state index in [2.05, 4.69) is 41.4 Å². The Labute approximate surface area is 158 Å². The van der Waals surface area contributed by atoms with Crippen LogP contribution in [-0.4, -0.2) is 58.0 Å². The number of nitrogens with zero attached hydrogens (tertiary/aromatic N) is 3. The molecule has 1 aromatic heterocycles. The third-order valence-corrected chi connectivity index (χ3v) is 4.88. The SMILES string of the molecule is CCc1ccc(CCC(=O)N2CCN(C(=O)c3ccc(=O)[nH]n3)CC2)cc1. The predicted molar refractivity (Wildman–Crippen MR) is 101 cm³/mol. The van der Waals surface area contributed by atoms with Gasteiger partial charge in [-0.05, 0) is 30.0 Å². The lowest BCUT2D eigenvalue weighted by atomic mass is 10.1. The molecule has 0 bridgehead atoms. The average Bonchev–Trinajstić information content (AvgIpc) is 2.72. The van der Waals surface area contributed by atoms with Crippen LogP contribution in [0, 0.1) is 0 Å². The third-order valence-electron chi connectivity index (χ3n) is 4.88. The standard InChI is InChI=1S/C20H24N4O3/c1-2-15-3-5-16(6-4-15)7-10-19(26)23-11-13-24(14-12-23)20(27)17-8-9-18(25)22-21-17/h3-6,8-9H,2,7,10-14H2,1H3,(H,22,25). The summed E-state index contributed by atoms with van der Waals surface area (Å²) in [7, 11) is 0. The minimum Gasteiger partial charge on any atom is -0.339 e. The monoisotopic (exact) mass is 368 g/mol. The first-order chi connectivity index (χ1) is 13.1. The Kier molecular flexibility index (Phi) is 6.01. The maximum Gasteiger partial charge on any atom is 0.274 e. The summed E-state index contributed by atoms with van der Waals surface area (Å²) in [6, 6.07) is 11.1. The molecule has 1 fully saturated rings. The summed E-state index contributed by atoms with van der Waals surface area (Å²) in [6.07, 6.45) is 2.21. The summed E-state index contributed by atoms with van der Waals surface area (Å²) in [5.74, 6) is -0.113. The van der Waals surface area contributed by atoms with E-state index in [1.807, 2.05) is 4.90 Å². The molecule has 0 radical (unpaired) electrons. The minimum atomic E-state index is -0.341. The molecule has 7 heteroatoms. The molecule has 2 aromatic rings. The number of H-pyrrole nitrogens is 1. The van der Waals surface area contributed by atoms with Crippen LogP contribution >= 0.6 is 0 Å². The molecule has 2 amide bonds. The molecule has 0 spiro atoms. The first-order valence-electron chi connectivity index (χ1n) is 9.27. The van der Waals surface area contributed by atoms with Crippen LogP contribution in [0.4, 0.5) is 0 Å². The topological polar surface area (TPSA) is 86.4 Å². The largest absolute Gasteiger partial charge is 0.339 e. The molecule has 1 N–H and O–H groups in total. The highest BCUT2D eigenvalue weighted by Gasteiger charge is 2.25. The molecular formula is C20H24N4O3. The highest BCUT2D eigenvalue weighted by molar-refractivity contribution is 5.92. The van der Waals surface area contributed by atoms with E-state index in [0.717, 1.165) is 12.8 Å². The van der Waals surface area contributed by atoms with Crippen molar-refractivity contribution in [3.8, 4) is 0 Å². The summed E-state index contributed by atoms with van der Waals surface area (Å²) < 4.78 is 0. The quantitative estimate of drug-likeness (QED) is 0.861. The Balaban J connectivity index is 1.47. The molecule has 3 rings (SSSR count). The van der Waals surface area contributed by atoms with E-state index in [4.69, 9.17) is 0 Å². The molecule has 1 aliphatic rings. The van der Waals surface area contributed by atoms with Gasteiger partial charge in [0.2, 0.25) is 5.91 Å². The fourth-order valence-corrected chi connectivity index (χ4v) is 3.14. The molecular weight excluding hydrogens is 344 g/mol. The smallest absolute Gasteiger partial charge is 0.274 e. The zero-order chi connectivity index (χ0) is 19.2. The van der Waals surface area contributed by atoms with Crippen molar-refractivity contribution < 1.29 is 9.59 Å². The molecule has 0 unspecified atom stereocenters. The maximum absolute atomic E-state index is 12.4. The van der Waals surface area contributed by atoms with Gasteiger partial charge in [-0.1, -0.05) is 31.2 Å². The van der Waals surface area contributed by atoms with Crippen LogP contribution in [0.15, 0.2) is 41.2 Å². The number of carbonyl (C=O) groups is 2. The molecule has 0 aliphatic carbocycles.